The Morgan fingerprint density at radius 2 is 1.74 bits per heavy atom. The highest BCUT2D eigenvalue weighted by molar-refractivity contribution is 7.89. The number of furan rings is 1. The van der Waals surface area contributed by atoms with Gasteiger partial charge in [0.1, 0.15) is 10.7 Å². The molecule has 0 aliphatic rings. The van der Waals surface area contributed by atoms with Crippen molar-refractivity contribution in [3.8, 4) is 0 Å². The zero-order valence-electron chi connectivity index (χ0n) is 26.2. The summed E-state index contributed by atoms with van der Waals surface area (Å²) in [6, 6.07) is 10.7. The molecule has 1 heterocycles. The summed E-state index contributed by atoms with van der Waals surface area (Å²) < 4.78 is 45.0. The van der Waals surface area contributed by atoms with Gasteiger partial charge in [0.15, 0.2) is 11.9 Å². The Balaban J connectivity index is 1.71. The molecule has 0 aliphatic carbocycles. The Kier molecular flexibility index (Phi) is 12.4. The van der Waals surface area contributed by atoms with E-state index in [1.54, 1.807) is 51.1 Å². The van der Waals surface area contributed by atoms with Crippen LogP contribution in [0.3, 0.4) is 0 Å². The van der Waals surface area contributed by atoms with Crippen LogP contribution in [0.5, 0.6) is 0 Å². The Bertz CT molecular complexity index is 1720. The van der Waals surface area contributed by atoms with Crippen molar-refractivity contribution < 1.29 is 46.2 Å². The van der Waals surface area contributed by atoms with Gasteiger partial charge >= 0.3 is 18.0 Å². The molecule has 47 heavy (non-hydrogen) atoms. The summed E-state index contributed by atoms with van der Waals surface area (Å²) in [5.74, 6) is -2.04. The van der Waals surface area contributed by atoms with E-state index < -0.39 is 57.4 Å². The molecule has 3 rings (SSSR count). The standard InChI is InChI=1S/C31H35Cl2N3O10S/c1-6-25(46-28(38)22-14-26(47(34,41)42)23(33)15-24(22)35-16-21-11-8-12-43-21)29(39)44-17-45-30(40)36(31(3,4)5)18(2)27(37)19-9-7-10-20(32)13-19/h7-15,18,25,35H,6,16-17H2,1-5H3,(H2,34,41,42). The Labute approximate surface area is 282 Å². The molecule has 3 N–H and O–H groups in total. The van der Waals surface area contributed by atoms with Crippen molar-refractivity contribution in [1.82, 2.24) is 4.90 Å². The number of sulfonamides is 1. The number of ether oxygens (including phenoxy) is 3. The van der Waals surface area contributed by atoms with Crippen molar-refractivity contribution in [3.63, 3.8) is 0 Å². The first-order valence-corrected chi connectivity index (χ1v) is 16.5. The van der Waals surface area contributed by atoms with Crippen molar-refractivity contribution in [1.29, 1.82) is 0 Å². The van der Waals surface area contributed by atoms with Gasteiger partial charge in [-0.15, -0.1) is 0 Å². The maximum Gasteiger partial charge on any atom is 0.413 e. The Hall–Kier alpha value is -4.11. The number of halogens is 2. The number of primary sulfonamides is 1. The molecule has 3 aromatic rings. The van der Waals surface area contributed by atoms with Crippen molar-refractivity contribution in [2.45, 2.75) is 70.2 Å². The topological polar surface area (TPSA) is 185 Å². The Morgan fingerprint density at radius 1 is 1.04 bits per heavy atom. The maximum absolute atomic E-state index is 13.2. The zero-order chi connectivity index (χ0) is 35.1. The number of anilines is 1. The summed E-state index contributed by atoms with van der Waals surface area (Å²) in [6.07, 6.45) is -1.03. The highest BCUT2D eigenvalue weighted by Gasteiger charge is 2.36. The molecule has 2 atom stereocenters. The molecule has 0 bridgehead atoms. The van der Waals surface area contributed by atoms with Gasteiger partial charge in [0.05, 0.1) is 35.1 Å². The van der Waals surface area contributed by atoms with Crippen molar-refractivity contribution in [2.75, 3.05) is 12.1 Å². The molecule has 254 valence electrons. The number of benzene rings is 2. The van der Waals surface area contributed by atoms with Crippen LogP contribution in [0.2, 0.25) is 10.0 Å². The first-order chi connectivity index (χ1) is 21.9. The average molecular weight is 713 g/mol. The van der Waals surface area contributed by atoms with E-state index in [4.69, 9.17) is 47.0 Å². The van der Waals surface area contributed by atoms with E-state index in [0.717, 1.165) is 6.07 Å². The fourth-order valence-electron chi connectivity index (χ4n) is 4.49. The van der Waals surface area contributed by atoms with E-state index in [0.29, 0.717) is 16.3 Å². The number of amides is 1. The highest BCUT2D eigenvalue weighted by Crippen LogP contribution is 2.30. The first kappa shape index (κ1) is 37.3. The second-order valence-electron chi connectivity index (χ2n) is 11.2. The van der Waals surface area contributed by atoms with Gasteiger partial charge in [-0.2, -0.15) is 0 Å². The van der Waals surface area contributed by atoms with Gasteiger partial charge in [0.2, 0.25) is 16.8 Å². The monoisotopic (exact) mass is 711 g/mol. The average Bonchev–Trinajstić information content (AvgIpc) is 3.50. The maximum atomic E-state index is 13.2. The SMILES string of the molecule is CCC(OC(=O)c1cc(S(N)(=O)=O)c(Cl)cc1NCc1ccco1)C(=O)OCOC(=O)N(C(C)C(=O)c1cccc(Cl)c1)C(C)(C)C. The molecule has 13 nitrogen and oxygen atoms in total. The third kappa shape index (κ3) is 9.94. The predicted octanol–water partition coefficient (Wildman–Crippen LogP) is 5.79. The number of hydrogen-bond acceptors (Lipinski definition) is 11. The fourth-order valence-corrected chi connectivity index (χ4v) is 5.78. The number of carbonyl (C=O) groups is 4. The summed E-state index contributed by atoms with van der Waals surface area (Å²) in [6.45, 7) is 7.40. The summed E-state index contributed by atoms with van der Waals surface area (Å²) >= 11 is 12.1. The Morgan fingerprint density at radius 3 is 2.32 bits per heavy atom. The molecule has 2 aromatic carbocycles. The van der Waals surface area contributed by atoms with Gasteiger partial charge in [0.25, 0.3) is 0 Å². The van der Waals surface area contributed by atoms with E-state index in [2.05, 4.69) is 5.32 Å². The number of esters is 2. The third-order valence-corrected chi connectivity index (χ3v) is 8.30. The molecule has 16 heteroatoms. The largest absolute Gasteiger partial charge is 0.467 e. The highest BCUT2D eigenvalue weighted by atomic mass is 35.5. The molecule has 0 saturated carbocycles. The molecule has 0 fully saturated rings. The van der Waals surface area contributed by atoms with Gasteiger partial charge in [-0.3, -0.25) is 9.69 Å². The molecular formula is C31H35Cl2N3O10S. The van der Waals surface area contributed by atoms with Crippen molar-refractivity contribution >= 4 is 62.7 Å². The number of Topliss-reactive ketones (excluding diaryl/α,β-unsaturated/α-hetero) is 1. The number of nitrogens with zero attached hydrogens (tertiary/aromatic N) is 1. The van der Waals surface area contributed by atoms with Crippen LogP contribution in [-0.4, -0.2) is 61.6 Å². The van der Waals surface area contributed by atoms with Gasteiger partial charge in [-0.05, 0) is 70.5 Å². The minimum absolute atomic E-state index is 0.0530. The van der Waals surface area contributed by atoms with E-state index in [9.17, 15) is 27.6 Å². The van der Waals surface area contributed by atoms with E-state index in [-0.39, 0.29) is 35.0 Å². The van der Waals surface area contributed by atoms with Crippen LogP contribution >= 0.6 is 23.2 Å². The van der Waals surface area contributed by atoms with Gasteiger partial charge < -0.3 is 23.9 Å². The fraction of sp³-hybridized carbons (Fsp3) is 0.355. The molecule has 1 amide bonds. The van der Waals surface area contributed by atoms with E-state index in [1.807, 2.05) is 0 Å². The minimum Gasteiger partial charge on any atom is -0.467 e. The number of nitrogens with two attached hydrogens (primary N) is 1. The first-order valence-electron chi connectivity index (χ1n) is 14.2. The summed E-state index contributed by atoms with van der Waals surface area (Å²) in [5, 5.41) is 8.27. The lowest BCUT2D eigenvalue weighted by molar-refractivity contribution is -0.163. The smallest absolute Gasteiger partial charge is 0.413 e. The van der Waals surface area contributed by atoms with Crippen molar-refractivity contribution in [3.05, 3.63) is 81.7 Å². The van der Waals surface area contributed by atoms with Crippen LogP contribution < -0.4 is 10.5 Å². The number of nitrogens with one attached hydrogen (secondary N) is 1. The third-order valence-electron chi connectivity index (χ3n) is 6.69. The number of rotatable bonds is 13. The van der Waals surface area contributed by atoms with Gasteiger partial charge in [0, 0.05) is 16.1 Å². The van der Waals surface area contributed by atoms with Crippen LogP contribution in [0.15, 0.2) is 64.1 Å². The molecule has 1 aromatic heterocycles. The van der Waals surface area contributed by atoms with Gasteiger partial charge in [-0.25, -0.2) is 27.9 Å². The van der Waals surface area contributed by atoms with Crippen LogP contribution in [0.1, 0.15) is 67.5 Å². The van der Waals surface area contributed by atoms with Crippen molar-refractivity contribution in [2.24, 2.45) is 5.14 Å². The van der Waals surface area contributed by atoms with Crippen LogP contribution in [0, 0.1) is 0 Å². The number of ketones is 1. The zero-order valence-corrected chi connectivity index (χ0v) is 28.6. The quantitative estimate of drug-likeness (QED) is 0.124. The van der Waals surface area contributed by atoms with E-state index in [1.165, 1.54) is 37.1 Å². The van der Waals surface area contributed by atoms with Gasteiger partial charge in [-0.1, -0.05) is 42.3 Å². The van der Waals surface area contributed by atoms with Crippen LogP contribution in [-0.2, 0) is 35.6 Å². The molecule has 0 saturated heterocycles. The second-order valence-corrected chi connectivity index (χ2v) is 13.6. The molecule has 2 unspecified atom stereocenters. The lowest BCUT2D eigenvalue weighted by Gasteiger charge is -2.38. The normalized spacial score (nSPS) is 12.9. The number of hydrogen-bond donors (Lipinski definition) is 2. The summed E-state index contributed by atoms with van der Waals surface area (Å²) in [7, 11) is -4.34. The minimum atomic E-state index is -4.34. The molecule has 0 aliphatic heterocycles. The number of carbonyl (C=O) groups excluding carboxylic acids is 4. The molecule has 0 spiro atoms. The van der Waals surface area contributed by atoms with Crippen LogP contribution in [0.4, 0.5) is 10.5 Å². The van der Waals surface area contributed by atoms with E-state index >= 15 is 0 Å². The summed E-state index contributed by atoms with van der Waals surface area (Å²) in [4.78, 5) is 53.0. The molecular weight excluding hydrogens is 677 g/mol. The summed E-state index contributed by atoms with van der Waals surface area (Å²) in [5.41, 5.74) is -0.804. The van der Waals surface area contributed by atoms with Crippen LogP contribution in [0.25, 0.3) is 0 Å². The lowest BCUT2D eigenvalue weighted by atomic mass is 9.98. The predicted molar refractivity (Wildman–Crippen MR) is 173 cm³/mol. The lowest BCUT2D eigenvalue weighted by Crippen LogP contribution is -2.53. The second kappa shape index (κ2) is 15.7. The molecule has 0 radical (unpaired) electrons.